The van der Waals surface area contributed by atoms with Gasteiger partial charge in [-0.3, -0.25) is 4.79 Å². The Kier molecular flexibility index (Phi) is 4.95. The van der Waals surface area contributed by atoms with Crippen LogP contribution in [0.4, 0.5) is 0 Å². The molecule has 1 aromatic heterocycles. The molecule has 9 heteroatoms. The number of nitrogens with zero attached hydrogens (tertiary/aromatic N) is 2. The second-order valence-electron chi connectivity index (χ2n) is 5.31. The van der Waals surface area contributed by atoms with Gasteiger partial charge in [-0.2, -0.15) is 4.31 Å². The number of carbonyl (C=O) groups is 1. The first-order chi connectivity index (χ1) is 11.5. The number of aromatic nitrogens is 1. The molecular formula is C15H17N3O4S2. The van der Waals surface area contributed by atoms with Gasteiger partial charge >= 0.3 is 0 Å². The van der Waals surface area contributed by atoms with Crippen LogP contribution < -0.4 is 5.73 Å². The van der Waals surface area contributed by atoms with Gasteiger partial charge in [0.25, 0.3) is 0 Å². The number of sulfonamides is 1. The van der Waals surface area contributed by atoms with E-state index in [1.165, 1.54) is 15.6 Å². The molecule has 24 heavy (non-hydrogen) atoms. The van der Waals surface area contributed by atoms with Gasteiger partial charge < -0.3 is 10.5 Å². The first-order valence-electron chi connectivity index (χ1n) is 7.38. The lowest BCUT2D eigenvalue weighted by Crippen LogP contribution is -2.40. The Balaban J connectivity index is 1.80. The molecule has 1 saturated heterocycles. The smallest absolute Gasteiger partial charge is 0.243 e. The first-order valence-corrected chi connectivity index (χ1v) is 9.70. The number of benzene rings is 1. The van der Waals surface area contributed by atoms with E-state index in [1.807, 2.05) is 5.38 Å². The van der Waals surface area contributed by atoms with Gasteiger partial charge in [0.05, 0.1) is 30.2 Å². The molecule has 2 N–H and O–H groups in total. The van der Waals surface area contributed by atoms with Gasteiger partial charge in [-0.05, 0) is 12.1 Å². The second-order valence-corrected chi connectivity index (χ2v) is 8.19. The molecule has 1 aliphatic heterocycles. The predicted molar refractivity (Wildman–Crippen MR) is 90.0 cm³/mol. The number of nitrogens with two attached hydrogens (primary N) is 1. The molecule has 7 nitrogen and oxygen atoms in total. The van der Waals surface area contributed by atoms with Crippen molar-refractivity contribution in [2.45, 2.75) is 11.3 Å². The highest BCUT2D eigenvalue weighted by molar-refractivity contribution is 7.89. The summed E-state index contributed by atoms with van der Waals surface area (Å²) in [5.41, 5.74) is 6.65. The number of rotatable bonds is 5. The van der Waals surface area contributed by atoms with E-state index in [2.05, 4.69) is 4.98 Å². The Labute approximate surface area is 144 Å². The lowest BCUT2D eigenvalue weighted by atomic mass is 10.2. The zero-order valence-corrected chi connectivity index (χ0v) is 14.5. The van der Waals surface area contributed by atoms with Crippen molar-refractivity contribution in [2.24, 2.45) is 5.73 Å². The number of hydrogen-bond acceptors (Lipinski definition) is 6. The van der Waals surface area contributed by atoms with Crippen molar-refractivity contribution in [3.63, 3.8) is 0 Å². The van der Waals surface area contributed by atoms with Crippen molar-refractivity contribution in [1.29, 1.82) is 0 Å². The Hall–Kier alpha value is -1.81. The van der Waals surface area contributed by atoms with Crippen molar-refractivity contribution in [1.82, 2.24) is 9.29 Å². The monoisotopic (exact) mass is 367 g/mol. The summed E-state index contributed by atoms with van der Waals surface area (Å²) >= 11 is 1.35. The van der Waals surface area contributed by atoms with Gasteiger partial charge in [0.1, 0.15) is 5.01 Å². The van der Waals surface area contributed by atoms with Crippen LogP contribution in [0.1, 0.15) is 5.01 Å². The molecule has 1 amide bonds. The zero-order chi connectivity index (χ0) is 17.2. The van der Waals surface area contributed by atoms with Crippen LogP contribution in [-0.4, -0.2) is 49.9 Å². The van der Waals surface area contributed by atoms with Crippen LogP contribution in [0.15, 0.2) is 34.5 Å². The van der Waals surface area contributed by atoms with Crippen LogP contribution in [0, 0.1) is 0 Å². The van der Waals surface area contributed by atoms with Crippen molar-refractivity contribution in [2.75, 3.05) is 26.3 Å². The lowest BCUT2D eigenvalue weighted by molar-refractivity contribution is -0.117. The molecule has 3 rings (SSSR count). The van der Waals surface area contributed by atoms with Gasteiger partial charge in [0.15, 0.2) is 0 Å². The minimum absolute atomic E-state index is 0.105. The fourth-order valence-electron chi connectivity index (χ4n) is 2.41. The molecule has 0 atom stereocenters. The average molecular weight is 367 g/mol. The predicted octanol–water partition coefficient (Wildman–Crippen LogP) is 0.859. The van der Waals surface area contributed by atoms with Gasteiger partial charge in [-0.1, -0.05) is 12.1 Å². The third-order valence-corrected chi connectivity index (χ3v) is 6.40. The molecule has 1 fully saturated rings. The summed E-state index contributed by atoms with van der Waals surface area (Å²) in [5.74, 6) is -0.428. The molecule has 0 spiro atoms. The van der Waals surface area contributed by atoms with Gasteiger partial charge in [-0.25, -0.2) is 13.4 Å². The quantitative estimate of drug-likeness (QED) is 0.844. The highest BCUT2D eigenvalue weighted by Gasteiger charge is 2.26. The summed E-state index contributed by atoms with van der Waals surface area (Å²) in [5, 5.41) is 2.46. The normalized spacial score (nSPS) is 16.2. The second kappa shape index (κ2) is 6.98. The summed E-state index contributed by atoms with van der Waals surface area (Å²) in [6, 6.07) is 6.59. The third kappa shape index (κ3) is 3.64. The topological polar surface area (TPSA) is 103 Å². The van der Waals surface area contributed by atoms with Crippen LogP contribution in [0.3, 0.4) is 0 Å². The number of morpholine rings is 1. The van der Waals surface area contributed by atoms with Crippen LogP contribution in [0.5, 0.6) is 0 Å². The van der Waals surface area contributed by atoms with Crippen molar-refractivity contribution in [3.8, 4) is 11.3 Å². The highest BCUT2D eigenvalue weighted by Crippen LogP contribution is 2.25. The van der Waals surface area contributed by atoms with E-state index in [9.17, 15) is 13.2 Å². The molecule has 0 aliphatic carbocycles. The van der Waals surface area contributed by atoms with Gasteiger partial charge in [-0.15, -0.1) is 11.3 Å². The van der Waals surface area contributed by atoms with Crippen molar-refractivity contribution in [3.05, 3.63) is 34.7 Å². The number of ether oxygens (including phenoxy) is 1. The third-order valence-electron chi connectivity index (χ3n) is 3.64. The van der Waals surface area contributed by atoms with Crippen LogP contribution in [-0.2, 0) is 26.0 Å². The van der Waals surface area contributed by atoms with E-state index < -0.39 is 15.9 Å². The standard InChI is InChI=1S/C15H17N3O4S2/c16-14(19)9-15-17-13(10-23-15)11-1-3-12(4-2-11)24(20,21)18-5-7-22-8-6-18/h1-4,10H,5-9H2,(H2,16,19). The van der Waals surface area contributed by atoms with Crippen LogP contribution in [0.25, 0.3) is 11.3 Å². The zero-order valence-electron chi connectivity index (χ0n) is 12.8. The fourth-order valence-corrected chi connectivity index (χ4v) is 4.63. The Bertz CT molecular complexity index is 825. The van der Waals surface area contributed by atoms with E-state index in [4.69, 9.17) is 10.5 Å². The molecule has 0 radical (unpaired) electrons. The molecule has 0 unspecified atom stereocenters. The highest BCUT2D eigenvalue weighted by atomic mass is 32.2. The van der Waals surface area contributed by atoms with E-state index in [-0.39, 0.29) is 11.3 Å². The maximum absolute atomic E-state index is 12.6. The van der Waals surface area contributed by atoms with E-state index in [1.54, 1.807) is 24.3 Å². The molecule has 128 valence electrons. The largest absolute Gasteiger partial charge is 0.379 e. The summed E-state index contributed by atoms with van der Waals surface area (Å²) in [6.07, 6.45) is 0.105. The van der Waals surface area contributed by atoms with Gasteiger partial charge in [0.2, 0.25) is 15.9 Å². The molecule has 2 heterocycles. The minimum atomic E-state index is -3.50. The first kappa shape index (κ1) is 17.0. The summed E-state index contributed by atoms with van der Waals surface area (Å²) in [6.45, 7) is 1.57. The molecule has 1 aliphatic rings. The molecule has 1 aromatic carbocycles. The minimum Gasteiger partial charge on any atom is -0.379 e. The average Bonchev–Trinajstić information content (AvgIpc) is 3.03. The van der Waals surface area contributed by atoms with E-state index in [0.29, 0.717) is 37.0 Å². The SMILES string of the molecule is NC(=O)Cc1nc(-c2ccc(S(=O)(=O)N3CCOCC3)cc2)cs1. The lowest BCUT2D eigenvalue weighted by Gasteiger charge is -2.26. The summed E-state index contributed by atoms with van der Waals surface area (Å²) in [7, 11) is -3.50. The Morgan fingerprint density at radius 2 is 1.92 bits per heavy atom. The summed E-state index contributed by atoms with van der Waals surface area (Å²) in [4.78, 5) is 15.5. The number of thiazole rings is 1. The Morgan fingerprint density at radius 3 is 2.54 bits per heavy atom. The van der Waals surface area contributed by atoms with Crippen molar-refractivity contribution < 1.29 is 17.9 Å². The van der Waals surface area contributed by atoms with E-state index >= 15 is 0 Å². The number of primary amides is 1. The number of carbonyl (C=O) groups excluding carboxylic acids is 1. The van der Waals surface area contributed by atoms with Gasteiger partial charge in [0, 0.05) is 24.0 Å². The van der Waals surface area contributed by atoms with Crippen LogP contribution >= 0.6 is 11.3 Å². The number of amides is 1. The van der Waals surface area contributed by atoms with Crippen LogP contribution in [0.2, 0.25) is 0 Å². The molecular weight excluding hydrogens is 350 g/mol. The molecule has 0 saturated carbocycles. The summed E-state index contributed by atoms with van der Waals surface area (Å²) < 4.78 is 31.8. The molecule has 2 aromatic rings. The molecule has 0 bridgehead atoms. The fraction of sp³-hybridized carbons (Fsp3) is 0.333. The van der Waals surface area contributed by atoms with E-state index in [0.717, 1.165) is 5.56 Å². The maximum Gasteiger partial charge on any atom is 0.243 e. The Morgan fingerprint density at radius 1 is 1.25 bits per heavy atom. The van der Waals surface area contributed by atoms with Crippen molar-refractivity contribution >= 4 is 27.3 Å². The maximum atomic E-state index is 12.6. The number of hydrogen-bond donors (Lipinski definition) is 1.